The number of H-pyrrole nitrogens is 1. The van der Waals surface area contributed by atoms with Gasteiger partial charge in [0, 0.05) is 18.5 Å². The Morgan fingerprint density at radius 3 is 2.74 bits per heavy atom. The summed E-state index contributed by atoms with van der Waals surface area (Å²) in [5.74, 6) is 0.793. The normalized spacial score (nSPS) is 16.6. The van der Waals surface area contributed by atoms with Crippen molar-refractivity contribution in [3.05, 3.63) is 47.9 Å². The van der Waals surface area contributed by atoms with Crippen molar-refractivity contribution >= 4 is 37.8 Å². The van der Waals surface area contributed by atoms with Gasteiger partial charge in [-0.05, 0) is 43.7 Å². The van der Waals surface area contributed by atoms with E-state index in [-0.39, 0.29) is 17.8 Å². The number of rotatable bonds is 6. The third kappa shape index (κ3) is 4.76. The molecular formula is C23H26FN7O3S. The molecule has 1 aromatic carbocycles. The van der Waals surface area contributed by atoms with Crippen LogP contribution in [0.4, 0.5) is 10.2 Å². The molecule has 0 radical (unpaired) electrons. The predicted molar refractivity (Wildman–Crippen MR) is 130 cm³/mol. The lowest BCUT2D eigenvalue weighted by atomic mass is 10.0. The molecule has 1 aliphatic heterocycles. The number of fused-ring (bicyclic) bond motifs is 2. The first-order valence-corrected chi connectivity index (χ1v) is 13.2. The van der Waals surface area contributed by atoms with Crippen LogP contribution in [0.25, 0.3) is 21.9 Å². The lowest BCUT2D eigenvalue weighted by Gasteiger charge is -2.30. The molecule has 0 aliphatic carbocycles. The van der Waals surface area contributed by atoms with E-state index in [9.17, 15) is 12.8 Å². The van der Waals surface area contributed by atoms with Crippen LogP contribution in [-0.2, 0) is 10.0 Å². The van der Waals surface area contributed by atoms with E-state index in [0.717, 1.165) is 16.3 Å². The second-order valence-corrected chi connectivity index (χ2v) is 10.8. The maximum absolute atomic E-state index is 13.9. The molecule has 35 heavy (non-hydrogen) atoms. The molecule has 3 aromatic heterocycles. The van der Waals surface area contributed by atoms with Crippen LogP contribution in [-0.4, -0.2) is 63.1 Å². The molecular weight excluding hydrogens is 473 g/mol. The van der Waals surface area contributed by atoms with Crippen LogP contribution in [0.3, 0.4) is 0 Å². The number of sulfonamides is 1. The molecule has 1 saturated heterocycles. The molecule has 4 heterocycles. The van der Waals surface area contributed by atoms with E-state index in [1.165, 1.54) is 16.9 Å². The standard InChI is InChI=1S/C23H26FN7O3S/c1-13-5-4-6-15-11-17(14(2)27-21-19-20(26-12-25-19)29-23(24)30-21)28-22(18(13)15)34-16-7-9-31(10-8-16)35(3,32)33/h4-6,11-12,14,16H,7-10H2,1-3H3,(H2,25,26,27,29,30)/t14-/m0/s1. The summed E-state index contributed by atoms with van der Waals surface area (Å²) in [6.07, 6.45) is 2.81. The molecule has 10 nitrogen and oxygen atoms in total. The van der Waals surface area contributed by atoms with Crippen molar-refractivity contribution in [1.82, 2.24) is 29.2 Å². The molecule has 2 N–H and O–H groups in total. The van der Waals surface area contributed by atoms with Gasteiger partial charge in [0.25, 0.3) is 0 Å². The van der Waals surface area contributed by atoms with Gasteiger partial charge < -0.3 is 15.0 Å². The van der Waals surface area contributed by atoms with Crippen molar-refractivity contribution in [1.29, 1.82) is 0 Å². The number of nitrogens with one attached hydrogen (secondary N) is 2. The van der Waals surface area contributed by atoms with Gasteiger partial charge in [-0.25, -0.2) is 22.7 Å². The Morgan fingerprint density at radius 2 is 2.00 bits per heavy atom. The molecule has 1 aliphatic rings. The third-order valence-corrected chi connectivity index (χ3v) is 7.56. The first kappa shape index (κ1) is 23.4. The zero-order valence-electron chi connectivity index (χ0n) is 19.6. The first-order valence-electron chi connectivity index (χ1n) is 11.3. The zero-order chi connectivity index (χ0) is 24.7. The molecule has 5 rings (SSSR count). The number of imidazole rings is 1. The summed E-state index contributed by atoms with van der Waals surface area (Å²) in [5.41, 5.74) is 2.46. The number of hydrogen-bond acceptors (Lipinski definition) is 8. The second-order valence-electron chi connectivity index (χ2n) is 8.81. The van der Waals surface area contributed by atoms with E-state index in [2.05, 4.69) is 25.3 Å². The number of pyridine rings is 1. The number of aromatic nitrogens is 5. The maximum Gasteiger partial charge on any atom is 0.312 e. The summed E-state index contributed by atoms with van der Waals surface area (Å²) in [4.78, 5) is 19.3. The number of hydrogen-bond donors (Lipinski definition) is 2. The van der Waals surface area contributed by atoms with Gasteiger partial charge in [-0.1, -0.05) is 18.2 Å². The van der Waals surface area contributed by atoms with Gasteiger partial charge in [0.15, 0.2) is 11.5 Å². The Bertz CT molecular complexity index is 1500. The Kier molecular flexibility index (Phi) is 6.01. The number of benzene rings is 1. The van der Waals surface area contributed by atoms with Crippen LogP contribution in [0.2, 0.25) is 0 Å². The predicted octanol–water partition coefficient (Wildman–Crippen LogP) is 3.32. The number of piperidine rings is 1. The summed E-state index contributed by atoms with van der Waals surface area (Å²) in [5, 5.41) is 5.09. The van der Waals surface area contributed by atoms with Crippen LogP contribution in [0.15, 0.2) is 30.6 Å². The number of halogens is 1. The molecule has 1 fully saturated rings. The quantitative estimate of drug-likeness (QED) is 0.387. The maximum atomic E-state index is 13.9. The summed E-state index contributed by atoms with van der Waals surface area (Å²) in [6, 6.07) is 7.61. The van der Waals surface area contributed by atoms with Gasteiger partial charge in [0.2, 0.25) is 15.9 Å². The molecule has 0 amide bonds. The molecule has 1 atom stereocenters. The molecule has 0 unspecified atom stereocenters. The van der Waals surface area contributed by atoms with Gasteiger partial charge in [0.05, 0.1) is 24.3 Å². The van der Waals surface area contributed by atoms with Gasteiger partial charge in [0.1, 0.15) is 11.6 Å². The van der Waals surface area contributed by atoms with Crippen molar-refractivity contribution in [3.63, 3.8) is 0 Å². The Hall–Kier alpha value is -3.38. The lowest BCUT2D eigenvalue weighted by Crippen LogP contribution is -2.41. The third-order valence-electron chi connectivity index (χ3n) is 6.26. The smallest absolute Gasteiger partial charge is 0.312 e. The molecule has 4 aromatic rings. The van der Waals surface area contributed by atoms with Crippen LogP contribution in [0.1, 0.15) is 37.1 Å². The molecule has 12 heteroatoms. The van der Waals surface area contributed by atoms with Gasteiger partial charge in [-0.3, -0.25) is 0 Å². The SMILES string of the molecule is Cc1cccc2cc([C@H](C)Nc3nc(F)nc4nc[nH]c34)nc(OC3CCN(S(C)(=O)=O)CC3)c12. The van der Waals surface area contributed by atoms with Gasteiger partial charge in [-0.2, -0.15) is 14.4 Å². The van der Waals surface area contributed by atoms with Crippen molar-refractivity contribution in [2.75, 3.05) is 24.7 Å². The fraction of sp³-hybridized carbons (Fsp3) is 0.391. The fourth-order valence-electron chi connectivity index (χ4n) is 4.40. The summed E-state index contributed by atoms with van der Waals surface area (Å²) in [6.45, 7) is 4.73. The van der Waals surface area contributed by atoms with Crippen LogP contribution in [0, 0.1) is 13.0 Å². The molecule has 0 saturated carbocycles. The highest BCUT2D eigenvalue weighted by molar-refractivity contribution is 7.88. The Balaban J connectivity index is 1.45. The molecule has 184 valence electrons. The van der Waals surface area contributed by atoms with E-state index in [4.69, 9.17) is 9.72 Å². The number of nitrogens with zero attached hydrogens (tertiary/aromatic N) is 5. The zero-order valence-corrected chi connectivity index (χ0v) is 20.4. The monoisotopic (exact) mass is 499 g/mol. The van der Waals surface area contributed by atoms with Crippen molar-refractivity contribution in [3.8, 4) is 5.88 Å². The molecule has 0 spiro atoms. The average molecular weight is 500 g/mol. The first-order chi connectivity index (χ1) is 16.7. The highest BCUT2D eigenvalue weighted by Crippen LogP contribution is 2.33. The average Bonchev–Trinajstić information content (AvgIpc) is 3.27. The van der Waals surface area contributed by atoms with E-state index >= 15 is 0 Å². The van der Waals surface area contributed by atoms with E-state index in [1.54, 1.807) is 0 Å². The van der Waals surface area contributed by atoms with Gasteiger partial charge >= 0.3 is 6.08 Å². The Morgan fingerprint density at radius 1 is 1.23 bits per heavy atom. The summed E-state index contributed by atoms with van der Waals surface area (Å²) >= 11 is 0. The minimum atomic E-state index is -3.22. The topological polar surface area (TPSA) is 126 Å². The van der Waals surface area contributed by atoms with Crippen LogP contribution < -0.4 is 10.1 Å². The lowest BCUT2D eigenvalue weighted by molar-refractivity contribution is 0.131. The number of anilines is 1. The van der Waals surface area contributed by atoms with E-state index in [1.807, 2.05) is 38.1 Å². The highest BCUT2D eigenvalue weighted by atomic mass is 32.2. The largest absolute Gasteiger partial charge is 0.474 e. The molecule has 0 bridgehead atoms. The minimum Gasteiger partial charge on any atom is -0.474 e. The number of aromatic amines is 1. The number of ether oxygens (including phenoxy) is 1. The summed E-state index contributed by atoms with van der Waals surface area (Å²) in [7, 11) is -3.22. The van der Waals surface area contributed by atoms with Crippen LogP contribution in [0.5, 0.6) is 5.88 Å². The second kappa shape index (κ2) is 9.00. The fourth-order valence-corrected chi connectivity index (χ4v) is 5.28. The Labute approximate surface area is 202 Å². The minimum absolute atomic E-state index is 0.151. The van der Waals surface area contributed by atoms with Crippen molar-refractivity contribution in [2.24, 2.45) is 0 Å². The highest BCUT2D eigenvalue weighted by Gasteiger charge is 2.27. The van der Waals surface area contributed by atoms with Crippen LogP contribution >= 0.6 is 0 Å². The number of aryl methyl sites for hydroxylation is 1. The van der Waals surface area contributed by atoms with Gasteiger partial charge in [-0.15, -0.1) is 0 Å². The van der Waals surface area contributed by atoms with E-state index < -0.39 is 16.1 Å². The van der Waals surface area contributed by atoms with E-state index in [0.29, 0.717) is 48.8 Å². The summed E-state index contributed by atoms with van der Waals surface area (Å²) < 4.78 is 45.5. The van der Waals surface area contributed by atoms with Crippen molar-refractivity contribution in [2.45, 2.75) is 38.8 Å². The van der Waals surface area contributed by atoms with Crippen molar-refractivity contribution < 1.29 is 17.5 Å².